The largest absolute Gasteiger partial charge is 0.368 e. The number of rotatable bonds is 4. The predicted octanol–water partition coefficient (Wildman–Crippen LogP) is 2.20. The average Bonchev–Trinajstić information content (AvgIpc) is 3.00. The van der Waals surface area contributed by atoms with E-state index in [-0.39, 0.29) is 23.5 Å². The van der Waals surface area contributed by atoms with Crippen LogP contribution in [0.5, 0.6) is 0 Å². The molecule has 0 amide bonds. The molecule has 1 heterocycles. The van der Waals surface area contributed by atoms with Gasteiger partial charge in [0.15, 0.2) is 0 Å². The van der Waals surface area contributed by atoms with E-state index in [4.69, 9.17) is 5.73 Å². The molecule has 0 radical (unpaired) electrons. The standard InChI is InChI=1S/C13H19N5O2/c1-7(10-5-8-2-3-9(10)4-8)16-12-11(18(19)20)6-15-13(14)17-12/h6-10H,2-5H2,1H3,(H3,14,15,16,17). The molecule has 1 aromatic rings. The molecule has 2 aliphatic carbocycles. The number of hydrogen-bond donors (Lipinski definition) is 2. The van der Waals surface area contributed by atoms with E-state index in [0.717, 1.165) is 18.0 Å². The van der Waals surface area contributed by atoms with Gasteiger partial charge in [0, 0.05) is 6.04 Å². The summed E-state index contributed by atoms with van der Waals surface area (Å²) in [5, 5.41) is 14.2. The fourth-order valence-electron chi connectivity index (χ4n) is 3.86. The van der Waals surface area contributed by atoms with E-state index < -0.39 is 4.92 Å². The molecule has 0 spiro atoms. The van der Waals surface area contributed by atoms with Crippen LogP contribution in [0, 0.1) is 27.9 Å². The van der Waals surface area contributed by atoms with Crippen molar-refractivity contribution < 1.29 is 4.92 Å². The van der Waals surface area contributed by atoms with Crippen LogP contribution in [0.2, 0.25) is 0 Å². The van der Waals surface area contributed by atoms with E-state index in [9.17, 15) is 10.1 Å². The molecule has 2 saturated carbocycles. The van der Waals surface area contributed by atoms with Crippen molar-refractivity contribution in [2.45, 2.75) is 38.6 Å². The van der Waals surface area contributed by atoms with Crippen LogP contribution in [-0.2, 0) is 0 Å². The first kappa shape index (κ1) is 13.1. The molecule has 3 rings (SSSR count). The summed E-state index contributed by atoms with van der Waals surface area (Å²) in [6.45, 7) is 2.08. The Morgan fingerprint density at radius 3 is 2.90 bits per heavy atom. The second kappa shape index (κ2) is 4.88. The van der Waals surface area contributed by atoms with Gasteiger partial charge in [0.2, 0.25) is 11.8 Å². The van der Waals surface area contributed by atoms with Crippen LogP contribution < -0.4 is 11.1 Å². The highest BCUT2D eigenvalue weighted by Crippen LogP contribution is 2.50. The Labute approximate surface area is 117 Å². The van der Waals surface area contributed by atoms with Crippen molar-refractivity contribution in [1.82, 2.24) is 9.97 Å². The topological polar surface area (TPSA) is 107 Å². The second-order valence-electron chi connectivity index (χ2n) is 5.99. The molecule has 1 aromatic heterocycles. The lowest BCUT2D eigenvalue weighted by Crippen LogP contribution is -2.30. The highest BCUT2D eigenvalue weighted by atomic mass is 16.6. The van der Waals surface area contributed by atoms with E-state index >= 15 is 0 Å². The van der Waals surface area contributed by atoms with Crippen LogP contribution in [0.25, 0.3) is 0 Å². The van der Waals surface area contributed by atoms with Gasteiger partial charge in [-0.3, -0.25) is 10.1 Å². The zero-order valence-electron chi connectivity index (χ0n) is 11.5. The van der Waals surface area contributed by atoms with Gasteiger partial charge in [-0.25, -0.2) is 4.98 Å². The Bertz CT molecular complexity index is 535. The van der Waals surface area contributed by atoms with Crippen molar-refractivity contribution in [2.75, 3.05) is 11.1 Å². The molecule has 2 fully saturated rings. The molecule has 0 aromatic carbocycles. The van der Waals surface area contributed by atoms with E-state index in [0.29, 0.717) is 5.92 Å². The fourth-order valence-corrected chi connectivity index (χ4v) is 3.86. The number of nitrogen functional groups attached to an aromatic ring is 1. The summed E-state index contributed by atoms with van der Waals surface area (Å²) < 4.78 is 0. The summed E-state index contributed by atoms with van der Waals surface area (Å²) in [6, 6.07) is 0.165. The molecule has 0 aliphatic heterocycles. The Kier molecular flexibility index (Phi) is 3.19. The molecule has 3 N–H and O–H groups in total. The van der Waals surface area contributed by atoms with Gasteiger partial charge in [0.25, 0.3) is 0 Å². The normalized spacial score (nSPS) is 29.4. The summed E-state index contributed by atoms with van der Waals surface area (Å²) in [7, 11) is 0. The molecular formula is C13H19N5O2. The van der Waals surface area contributed by atoms with Crippen LogP contribution in [-0.4, -0.2) is 20.9 Å². The molecule has 0 saturated heterocycles. The summed E-state index contributed by atoms with van der Waals surface area (Å²) >= 11 is 0. The maximum Gasteiger partial charge on any atom is 0.329 e. The number of hydrogen-bond acceptors (Lipinski definition) is 6. The molecule has 2 bridgehead atoms. The van der Waals surface area contributed by atoms with Crippen LogP contribution >= 0.6 is 0 Å². The quantitative estimate of drug-likeness (QED) is 0.645. The number of aromatic nitrogens is 2. The van der Waals surface area contributed by atoms with Crippen molar-refractivity contribution >= 4 is 17.5 Å². The molecule has 7 nitrogen and oxygen atoms in total. The van der Waals surface area contributed by atoms with Gasteiger partial charge < -0.3 is 11.1 Å². The lowest BCUT2D eigenvalue weighted by atomic mass is 9.84. The van der Waals surface area contributed by atoms with Gasteiger partial charge in [-0.1, -0.05) is 6.42 Å². The Hall–Kier alpha value is -1.92. The van der Waals surface area contributed by atoms with Crippen LogP contribution in [0.3, 0.4) is 0 Å². The second-order valence-corrected chi connectivity index (χ2v) is 5.99. The first-order chi connectivity index (χ1) is 9.54. The SMILES string of the molecule is CC(Nc1nc(N)ncc1[N+](=O)[O-])C1CC2CCC1C2. The zero-order valence-corrected chi connectivity index (χ0v) is 11.5. The molecular weight excluding hydrogens is 258 g/mol. The van der Waals surface area contributed by atoms with Crippen molar-refractivity contribution in [3.8, 4) is 0 Å². The average molecular weight is 277 g/mol. The highest BCUT2D eigenvalue weighted by molar-refractivity contribution is 5.56. The van der Waals surface area contributed by atoms with Crippen molar-refractivity contribution in [3.05, 3.63) is 16.3 Å². The minimum absolute atomic E-state index is 0.0539. The van der Waals surface area contributed by atoms with Crippen LogP contribution in [0.15, 0.2) is 6.20 Å². The van der Waals surface area contributed by atoms with Gasteiger partial charge in [-0.05, 0) is 43.9 Å². The minimum Gasteiger partial charge on any atom is -0.368 e. The summed E-state index contributed by atoms with van der Waals surface area (Å²) in [5.41, 5.74) is 5.42. The van der Waals surface area contributed by atoms with Crippen molar-refractivity contribution in [2.24, 2.45) is 17.8 Å². The maximum atomic E-state index is 11.0. The zero-order chi connectivity index (χ0) is 14.3. The lowest BCUT2D eigenvalue weighted by Gasteiger charge is -2.28. The monoisotopic (exact) mass is 277 g/mol. The number of nitrogens with two attached hydrogens (primary N) is 1. The van der Waals surface area contributed by atoms with Crippen molar-refractivity contribution in [1.29, 1.82) is 0 Å². The molecule has 2 aliphatic rings. The third kappa shape index (κ3) is 2.28. The number of nitro groups is 1. The highest BCUT2D eigenvalue weighted by Gasteiger charge is 2.42. The third-order valence-electron chi connectivity index (χ3n) is 4.78. The van der Waals surface area contributed by atoms with Gasteiger partial charge in [0.1, 0.15) is 6.20 Å². The fraction of sp³-hybridized carbons (Fsp3) is 0.692. The number of fused-ring (bicyclic) bond motifs is 2. The Balaban J connectivity index is 1.77. The summed E-state index contributed by atoms with van der Waals surface area (Å²) in [5.74, 6) is 2.46. The van der Waals surface area contributed by atoms with Gasteiger partial charge in [-0.2, -0.15) is 4.98 Å². The summed E-state index contributed by atoms with van der Waals surface area (Å²) in [4.78, 5) is 18.2. The summed E-state index contributed by atoms with van der Waals surface area (Å²) in [6.07, 6.45) is 6.32. The van der Waals surface area contributed by atoms with Gasteiger partial charge in [0.05, 0.1) is 4.92 Å². The van der Waals surface area contributed by atoms with Crippen LogP contribution in [0.1, 0.15) is 32.6 Å². The Morgan fingerprint density at radius 1 is 1.50 bits per heavy atom. The number of anilines is 2. The first-order valence-electron chi connectivity index (χ1n) is 7.08. The van der Waals surface area contributed by atoms with E-state index in [2.05, 4.69) is 22.2 Å². The molecule has 20 heavy (non-hydrogen) atoms. The predicted molar refractivity (Wildman–Crippen MR) is 75.1 cm³/mol. The number of nitrogens with one attached hydrogen (secondary N) is 1. The maximum absolute atomic E-state index is 11.0. The van der Waals surface area contributed by atoms with E-state index in [1.54, 1.807) is 0 Å². The molecule has 7 heteroatoms. The van der Waals surface area contributed by atoms with Crippen molar-refractivity contribution in [3.63, 3.8) is 0 Å². The van der Waals surface area contributed by atoms with E-state index in [1.165, 1.54) is 25.7 Å². The molecule has 4 unspecified atom stereocenters. The minimum atomic E-state index is -0.477. The van der Waals surface area contributed by atoms with Gasteiger partial charge >= 0.3 is 5.69 Å². The van der Waals surface area contributed by atoms with Crippen LogP contribution in [0.4, 0.5) is 17.5 Å². The first-order valence-corrected chi connectivity index (χ1v) is 7.08. The Morgan fingerprint density at radius 2 is 2.30 bits per heavy atom. The third-order valence-corrected chi connectivity index (χ3v) is 4.78. The van der Waals surface area contributed by atoms with Gasteiger partial charge in [-0.15, -0.1) is 0 Å². The van der Waals surface area contributed by atoms with E-state index in [1.807, 2.05) is 0 Å². The molecule has 4 atom stereocenters. The molecule has 108 valence electrons. The lowest BCUT2D eigenvalue weighted by molar-refractivity contribution is -0.384. The number of nitrogens with zero attached hydrogens (tertiary/aromatic N) is 3. The smallest absolute Gasteiger partial charge is 0.329 e.